The van der Waals surface area contributed by atoms with Crippen LogP contribution in [0.15, 0.2) is 59.8 Å². The zero-order chi connectivity index (χ0) is 16.2. The molecule has 0 aliphatic rings. The molecular formula is C18H15Cl2N3. The van der Waals surface area contributed by atoms with Gasteiger partial charge in [0.15, 0.2) is 0 Å². The minimum atomic E-state index is 0.668. The summed E-state index contributed by atoms with van der Waals surface area (Å²) >= 11 is 12.0. The van der Waals surface area contributed by atoms with E-state index in [1.807, 2.05) is 48.5 Å². The zero-order valence-corrected chi connectivity index (χ0v) is 14.1. The minimum absolute atomic E-state index is 0.668. The fraction of sp³-hybridized carbons (Fsp3) is 0.111. The second-order valence-electron chi connectivity index (χ2n) is 5.05. The third-order valence-corrected chi connectivity index (χ3v) is 4.02. The lowest BCUT2D eigenvalue weighted by Crippen LogP contribution is -2.03. The van der Waals surface area contributed by atoms with Crippen molar-refractivity contribution in [2.24, 2.45) is 5.10 Å². The van der Waals surface area contributed by atoms with Crippen LogP contribution in [0.2, 0.25) is 10.0 Å². The first kappa shape index (κ1) is 15.8. The Bertz CT molecular complexity index is 858. The van der Waals surface area contributed by atoms with Gasteiger partial charge in [0.1, 0.15) is 0 Å². The summed E-state index contributed by atoms with van der Waals surface area (Å²) in [4.78, 5) is 4.33. The van der Waals surface area contributed by atoms with E-state index in [1.54, 1.807) is 6.20 Å². The van der Waals surface area contributed by atoms with Gasteiger partial charge in [-0.2, -0.15) is 5.10 Å². The summed E-state index contributed by atoms with van der Waals surface area (Å²) < 4.78 is 0. The first-order chi connectivity index (χ1) is 11.2. The van der Waals surface area contributed by atoms with Crippen molar-refractivity contribution in [3.63, 3.8) is 0 Å². The van der Waals surface area contributed by atoms with Gasteiger partial charge < -0.3 is 0 Å². The van der Waals surface area contributed by atoms with Crippen LogP contribution in [0.3, 0.4) is 0 Å². The number of aromatic nitrogens is 1. The Labute approximate surface area is 145 Å². The fourth-order valence-electron chi connectivity index (χ4n) is 2.34. The van der Waals surface area contributed by atoms with E-state index in [0.29, 0.717) is 10.0 Å². The Morgan fingerprint density at radius 3 is 2.52 bits per heavy atom. The minimum Gasteiger partial charge on any atom is -0.277 e. The molecule has 0 atom stereocenters. The molecule has 0 amide bonds. The molecular weight excluding hydrogens is 329 g/mol. The predicted octanol–water partition coefficient (Wildman–Crippen LogP) is 5.77. The summed E-state index contributed by atoms with van der Waals surface area (Å²) in [5, 5.41) is 6.91. The van der Waals surface area contributed by atoms with E-state index in [-0.39, 0.29) is 0 Å². The van der Waals surface area contributed by atoms with Gasteiger partial charge in [-0.1, -0.05) is 42.3 Å². The molecule has 5 heteroatoms. The van der Waals surface area contributed by atoms with E-state index < -0.39 is 0 Å². The van der Waals surface area contributed by atoms with Crippen LogP contribution >= 0.6 is 23.2 Å². The molecule has 2 aromatic carbocycles. The standard InChI is InChI=1S/C18H15Cl2N3/c1-2-16(12-3-5-13(19)6-4-12)22-23-17-9-10-21-18-11-14(20)7-8-15(17)18/h3-11H,2H2,1H3,(H,21,23)/b22-16+. The van der Waals surface area contributed by atoms with Gasteiger partial charge in [0.2, 0.25) is 0 Å². The van der Waals surface area contributed by atoms with Crippen molar-refractivity contribution in [1.29, 1.82) is 0 Å². The van der Waals surface area contributed by atoms with Gasteiger partial charge >= 0.3 is 0 Å². The number of benzene rings is 2. The normalized spacial score (nSPS) is 11.7. The van der Waals surface area contributed by atoms with Crippen molar-refractivity contribution >= 4 is 45.5 Å². The third-order valence-electron chi connectivity index (χ3n) is 3.53. The summed E-state index contributed by atoms with van der Waals surface area (Å²) in [6.07, 6.45) is 2.55. The van der Waals surface area contributed by atoms with E-state index >= 15 is 0 Å². The van der Waals surface area contributed by atoms with Crippen LogP contribution in [0.4, 0.5) is 5.69 Å². The van der Waals surface area contributed by atoms with Crippen LogP contribution in [0.1, 0.15) is 18.9 Å². The number of halogens is 2. The maximum absolute atomic E-state index is 6.02. The molecule has 0 aliphatic heterocycles. The number of fused-ring (bicyclic) bond motifs is 1. The smallest absolute Gasteiger partial charge is 0.0738 e. The van der Waals surface area contributed by atoms with Crippen LogP contribution < -0.4 is 5.43 Å². The van der Waals surface area contributed by atoms with Crippen LogP contribution in [0, 0.1) is 0 Å². The monoisotopic (exact) mass is 343 g/mol. The molecule has 116 valence electrons. The van der Waals surface area contributed by atoms with Crippen molar-refractivity contribution in [3.05, 3.63) is 70.3 Å². The number of hydrogen-bond acceptors (Lipinski definition) is 3. The molecule has 0 radical (unpaired) electrons. The van der Waals surface area contributed by atoms with Gasteiger partial charge in [0.25, 0.3) is 0 Å². The lowest BCUT2D eigenvalue weighted by atomic mass is 10.1. The molecule has 1 N–H and O–H groups in total. The number of nitrogens with one attached hydrogen (secondary N) is 1. The number of anilines is 1. The Balaban J connectivity index is 1.93. The highest BCUT2D eigenvalue weighted by molar-refractivity contribution is 6.31. The molecule has 0 unspecified atom stereocenters. The van der Waals surface area contributed by atoms with Gasteiger partial charge in [-0.05, 0) is 48.4 Å². The van der Waals surface area contributed by atoms with Crippen LogP contribution in [-0.4, -0.2) is 10.7 Å². The van der Waals surface area contributed by atoms with Crippen LogP contribution in [0.25, 0.3) is 10.9 Å². The maximum Gasteiger partial charge on any atom is 0.0738 e. The van der Waals surface area contributed by atoms with Gasteiger partial charge in [-0.3, -0.25) is 10.4 Å². The molecule has 0 saturated heterocycles. The van der Waals surface area contributed by atoms with Gasteiger partial charge in [-0.15, -0.1) is 0 Å². The lowest BCUT2D eigenvalue weighted by molar-refractivity contribution is 1.22. The maximum atomic E-state index is 6.02. The predicted molar refractivity (Wildman–Crippen MR) is 98.7 cm³/mol. The van der Waals surface area contributed by atoms with E-state index in [4.69, 9.17) is 23.2 Å². The summed E-state index contributed by atoms with van der Waals surface area (Å²) in [6.45, 7) is 2.07. The third kappa shape index (κ3) is 3.63. The molecule has 0 saturated carbocycles. The molecule has 0 fully saturated rings. The molecule has 3 aromatic rings. The number of nitrogens with zero attached hydrogens (tertiary/aromatic N) is 2. The SMILES string of the molecule is CC/C(=N\Nc1ccnc2cc(Cl)ccc12)c1ccc(Cl)cc1. The first-order valence-electron chi connectivity index (χ1n) is 7.30. The van der Waals surface area contributed by atoms with E-state index in [1.165, 1.54) is 0 Å². The van der Waals surface area contributed by atoms with Crippen molar-refractivity contribution in [1.82, 2.24) is 4.98 Å². The van der Waals surface area contributed by atoms with Gasteiger partial charge in [0, 0.05) is 21.6 Å². The molecule has 0 aliphatic carbocycles. The average molecular weight is 344 g/mol. The van der Waals surface area contributed by atoms with Crippen molar-refractivity contribution in [3.8, 4) is 0 Å². The molecule has 0 bridgehead atoms. The average Bonchev–Trinajstić information content (AvgIpc) is 2.56. The molecule has 1 heterocycles. The molecule has 3 rings (SSSR count). The first-order valence-corrected chi connectivity index (χ1v) is 8.05. The second-order valence-corrected chi connectivity index (χ2v) is 5.92. The number of hydrazone groups is 1. The highest BCUT2D eigenvalue weighted by Gasteiger charge is 2.04. The van der Waals surface area contributed by atoms with Crippen LogP contribution in [0.5, 0.6) is 0 Å². The second kappa shape index (κ2) is 6.99. The van der Waals surface area contributed by atoms with E-state index in [9.17, 15) is 0 Å². The van der Waals surface area contributed by atoms with E-state index in [2.05, 4.69) is 22.4 Å². The Morgan fingerprint density at radius 2 is 1.78 bits per heavy atom. The molecule has 23 heavy (non-hydrogen) atoms. The van der Waals surface area contributed by atoms with Gasteiger partial charge in [-0.25, -0.2) is 0 Å². The Morgan fingerprint density at radius 1 is 1.04 bits per heavy atom. The largest absolute Gasteiger partial charge is 0.277 e. The lowest BCUT2D eigenvalue weighted by Gasteiger charge is -2.08. The van der Waals surface area contributed by atoms with E-state index in [0.717, 1.165) is 34.3 Å². The number of rotatable bonds is 4. The fourth-order valence-corrected chi connectivity index (χ4v) is 2.63. The summed E-state index contributed by atoms with van der Waals surface area (Å²) in [5.41, 5.74) is 6.88. The quantitative estimate of drug-likeness (QED) is 0.482. The van der Waals surface area contributed by atoms with Crippen molar-refractivity contribution in [2.75, 3.05) is 5.43 Å². The highest BCUT2D eigenvalue weighted by atomic mass is 35.5. The molecule has 3 nitrogen and oxygen atoms in total. The summed E-state index contributed by atoms with van der Waals surface area (Å²) in [7, 11) is 0. The number of hydrogen-bond donors (Lipinski definition) is 1. The Kier molecular flexibility index (Phi) is 4.79. The summed E-state index contributed by atoms with van der Waals surface area (Å²) in [5.74, 6) is 0. The topological polar surface area (TPSA) is 37.3 Å². The van der Waals surface area contributed by atoms with Crippen molar-refractivity contribution < 1.29 is 0 Å². The van der Waals surface area contributed by atoms with Gasteiger partial charge in [0.05, 0.1) is 16.9 Å². The van der Waals surface area contributed by atoms with Crippen LogP contribution in [-0.2, 0) is 0 Å². The highest BCUT2D eigenvalue weighted by Crippen LogP contribution is 2.24. The molecule has 0 spiro atoms. The van der Waals surface area contributed by atoms with Crippen molar-refractivity contribution in [2.45, 2.75) is 13.3 Å². The zero-order valence-electron chi connectivity index (χ0n) is 12.6. The summed E-state index contributed by atoms with van der Waals surface area (Å²) in [6, 6.07) is 15.2. The molecule has 1 aromatic heterocycles. The number of pyridine rings is 1. The Hall–Kier alpha value is -2.10.